The van der Waals surface area contributed by atoms with E-state index in [9.17, 15) is 0 Å². The predicted octanol–water partition coefficient (Wildman–Crippen LogP) is 16.1. The molecule has 0 radical (unpaired) electrons. The Morgan fingerprint density at radius 3 is 0.818 bits per heavy atom. The molecule has 0 amide bonds. The van der Waals surface area contributed by atoms with E-state index in [0.717, 1.165) is 58.1 Å². The molecule has 0 unspecified atom stereocenters. The Morgan fingerprint density at radius 2 is 0.485 bits per heavy atom. The van der Waals surface area contributed by atoms with Crippen molar-refractivity contribution < 1.29 is 109 Å². The van der Waals surface area contributed by atoms with Crippen LogP contribution in [-0.4, -0.2) is 127 Å². The first-order valence-electron chi connectivity index (χ1n) is 43.1. The monoisotopic (exact) mass is 3210 g/mol. The number of nitrogens with zero attached hydrogens (tertiary/aromatic N) is 8. The maximum atomic E-state index is 8.52. The molecule has 640 valence electrons. The summed E-state index contributed by atoms with van der Waals surface area (Å²) < 4.78 is 70.9. The molecule has 12 aromatic carbocycles. The first-order valence-corrected chi connectivity index (χ1v) is 61.9. The van der Waals surface area contributed by atoms with Gasteiger partial charge in [-0.3, -0.25) is 0 Å². The number of hydrogen-bond acceptors (Lipinski definition) is 12. The average molecular weight is 3210 g/mol. The minimum atomic E-state index is -2.73. The molecule has 12 heterocycles. The van der Waals surface area contributed by atoms with E-state index in [1.807, 2.05) is 182 Å². The van der Waals surface area contributed by atoms with Crippen molar-refractivity contribution in [1.29, 1.82) is 0 Å². The van der Waals surface area contributed by atoms with Gasteiger partial charge < -0.3 is 0 Å². The summed E-state index contributed by atoms with van der Waals surface area (Å²) in [6.07, 6.45) is 12.4. The van der Waals surface area contributed by atoms with Crippen LogP contribution in [0.15, 0.2) is 413 Å². The van der Waals surface area contributed by atoms with Gasteiger partial charge >= 0.3 is 873 Å². The topological polar surface area (TPSA) is 140 Å². The van der Waals surface area contributed by atoms with Crippen molar-refractivity contribution in [2.45, 2.75) is 0 Å². The first kappa shape index (κ1) is 87.9. The molecule has 0 bridgehead atoms. The molecule has 0 saturated carbocycles. The molecule has 0 fully saturated rings. The molecular formula is C112H68Bi4N8O4Pt4. The Labute approximate surface area is 862 Å². The molecule has 0 aliphatic carbocycles. The summed E-state index contributed by atoms with van der Waals surface area (Å²) in [4.78, 5) is 35.6. The summed E-state index contributed by atoms with van der Waals surface area (Å²) in [6.45, 7) is 0. The van der Waals surface area contributed by atoms with E-state index in [4.69, 9.17) is 29.4 Å². The van der Waals surface area contributed by atoms with Crippen molar-refractivity contribution in [2.24, 2.45) is 0 Å². The van der Waals surface area contributed by atoms with Gasteiger partial charge in [0.25, 0.3) is 0 Å². The van der Waals surface area contributed by atoms with Crippen molar-refractivity contribution in [3.05, 3.63) is 462 Å². The standard InChI is InChI=1S/4C23H13NO.4C5H4N.4Bi.4Pt/c4*1-2-7-18(8-3-1)19-12-14-20(15-13-19)21-9-6-10-22(17-21)25-23-11-4-5-16-24-23;4*1-2-4-6-5-3-1;;;;;;;;/h4*1-7,9-12,14,16H;4*1-4H;;;;;;;;/q4*-2;;;;;;;;;4*+2/i;;;;4D;3D;2D;1D;;;;;;;;. The second-order valence-corrected chi connectivity index (χ2v) is 61.1. The maximum Gasteiger partial charge on any atom is 2.00 e. The second kappa shape index (κ2) is 44.0. The molecule has 12 nitrogen and oxygen atoms in total. The zero-order valence-corrected chi connectivity index (χ0v) is 92.2. The molecule has 20 heteroatoms. The Morgan fingerprint density at radius 1 is 0.197 bits per heavy atom. The zero-order valence-electron chi connectivity index (χ0n) is 73.2. The smallest absolute Gasteiger partial charge is 2.00 e. The number of aromatic nitrogens is 8. The maximum absolute atomic E-state index is 8.52. The van der Waals surface area contributed by atoms with E-state index in [0.29, 0.717) is 70.8 Å². The van der Waals surface area contributed by atoms with Gasteiger partial charge in [0.1, 0.15) is 0 Å². The summed E-state index contributed by atoms with van der Waals surface area (Å²) in [5, 5.41) is 0. The second-order valence-electron chi connectivity index (χ2n) is 29.2. The molecule has 0 N–H and O–H groups in total. The van der Waals surface area contributed by atoms with Gasteiger partial charge in [-0.15, -0.1) is 0 Å². The van der Waals surface area contributed by atoms with Crippen LogP contribution in [-0.2, 0) is 84.3 Å². The third kappa shape index (κ3) is 20.5. The molecule has 0 spiro atoms. The van der Waals surface area contributed by atoms with Crippen molar-refractivity contribution in [3.8, 4) is 136 Å². The molecule has 0 saturated heterocycles. The van der Waals surface area contributed by atoms with E-state index in [-0.39, 0.29) is 84.3 Å². The van der Waals surface area contributed by atoms with Crippen molar-refractivity contribution in [1.82, 2.24) is 39.9 Å². The Bertz CT molecular complexity index is 7480. The van der Waals surface area contributed by atoms with Gasteiger partial charge in [-0.1, -0.05) is 0 Å². The fourth-order valence-corrected chi connectivity index (χ4v) is 53.5. The quantitative estimate of drug-likeness (QED) is 0.0672. The number of rotatable bonds is 16. The van der Waals surface area contributed by atoms with Crippen LogP contribution in [0.3, 0.4) is 0 Å². The SMILES string of the molecule is [2H]c1cc[c]([Bi]2[c]3[c-]c(-c4[c-]c(Oc5ccccn5)ccc4)ccc3-c3cccc[c]32)nc1.[2H]c1ccc[c]([Bi]2[c]3[c-]c(-c4[c-]c(Oc5ccccn5)ccc4)ccc3-c3cccc[c]32)n1.[2H]c1cccn[c]1[Bi]1[c]2[c-]c(-c3[c-]c(Oc4ccccn4)ccc3)ccc2-c2cccc[c]21.[2H]c1ccn[c]([Bi]2[c]3[c-]c(-c4[c-]c(Oc5ccccn5)ccc4)ccc3-c3cccc[c]32)c1.[Pt+2].[Pt+2].[Pt+2].[Pt+2]. The summed E-state index contributed by atoms with van der Waals surface area (Å²) in [7, 11) is 0. The molecule has 24 rings (SSSR count). The van der Waals surface area contributed by atoms with Gasteiger partial charge in [-0.25, -0.2) is 0 Å². The molecular weight excluding hydrogens is 3140 g/mol. The van der Waals surface area contributed by atoms with E-state index >= 15 is 0 Å². The summed E-state index contributed by atoms with van der Waals surface area (Å²) >= 11 is -10.6. The van der Waals surface area contributed by atoms with Gasteiger partial charge in [0.05, 0.1) is 0 Å². The Kier molecular flexibility index (Phi) is 29.3. The van der Waals surface area contributed by atoms with Crippen LogP contribution in [0, 0.1) is 48.5 Å². The zero-order chi connectivity index (χ0) is 88.8. The van der Waals surface area contributed by atoms with E-state index < -0.39 is 87.0 Å². The fraction of sp³-hybridized carbons (Fsp3) is 0. The molecule has 0 atom stereocenters. The molecule has 132 heavy (non-hydrogen) atoms. The Balaban J connectivity index is 0.000000125. The van der Waals surface area contributed by atoms with Crippen LogP contribution in [0.1, 0.15) is 5.48 Å². The van der Waals surface area contributed by atoms with Crippen LogP contribution in [0.5, 0.6) is 46.5 Å². The third-order valence-corrected chi connectivity index (χ3v) is 58.1. The first-order chi connectivity index (χ1) is 65.1. The van der Waals surface area contributed by atoms with Crippen molar-refractivity contribution in [2.75, 3.05) is 0 Å². The normalized spacial score (nSPS) is 12.3. The van der Waals surface area contributed by atoms with E-state index in [1.165, 1.54) is 70.7 Å². The summed E-state index contributed by atoms with van der Waals surface area (Å²) in [5.74, 6) is 4.62. The minimum absolute atomic E-state index is 0. The van der Waals surface area contributed by atoms with Crippen LogP contribution in [0.25, 0.3) is 89.0 Å². The van der Waals surface area contributed by atoms with Crippen LogP contribution in [0.4, 0.5) is 0 Å². The number of ether oxygens (including phenoxy) is 4. The summed E-state index contributed by atoms with van der Waals surface area (Å²) in [5.41, 5.74) is 17.7. The summed E-state index contributed by atoms with van der Waals surface area (Å²) in [6, 6.07) is 144. The number of fused-ring (bicyclic) bond motifs is 12. The van der Waals surface area contributed by atoms with Crippen molar-refractivity contribution >= 4 is 127 Å². The van der Waals surface area contributed by atoms with E-state index in [1.54, 1.807) is 55.5 Å². The van der Waals surface area contributed by atoms with Gasteiger partial charge in [-0.05, 0) is 0 Å². The van der Waals surface area contributed by atoms with Crippen LogP contribution < -0.4 is 58.7 Å². The third-order valence-electron chi connectivity index (χ3n) is 21.3. The van der Waals surface area contributed by atoms with Gasteiger partial charge in [0, 0.05) is 0 Å². The molecule has 20 aromatic rings. The van der Waals surface area contributed by atoms with Crippen LogP contribution >= 0.6 is 0 Å². The molecule has 4 aliphatic heterocycles. The van der Waals surface area contributed by atoms with Gasteiger partial charge in [0.2, 0.25) is 0 Å². The number of pyridine rings is 8. The Hall–Kier alpha value is -10.7. The number of benzene rings is 12. The number of hydrogen-bond donors (Lipinski definition) is 0. The average Bonchev–Trinajstić information content (AvgIpc) is 1.66. The molecule has 4 aliphatic rings. The van der Waals surface area contributed by atoms with Crippen molar-refractivity contribution in [3.63, 3.8) is 0 Å². The van der Waals surface area contributed by atoms with Gasteiger partial charge in [0.15, 0.2) is 0 Å². The van der Waals surface area contributed by atoms with E-state index in [2.05, 4.69) is 235 Å². The molecule has 8 aromatic heterocycles. The minimum Gasteiger partial charge on any atom is 2.00 e. The fourth-order valence-electron chi connectivity index (χ4n) is 15.6. The predicted molar refractivity (Wildman–Crippen MR) is 513 cm³/mol. The van der Waals surface area contributed by atoms with Gasteiger partial charge in [-0.2, -0.15) is 0 Å². The van der Waals surface area contributed by atoms with Crippen LogP contribution in [0.2, 0.25) is 0 Å². The largest absolute Gasteiger partial charge is 2.00 e.